The highest BCUT2D eigenvalue weighted by molar-refractivity contribution is 7.24. The van der Waals surface area contributed by atoms with E-state index in [9.17, 15) is 4.39 Å². The summed E-state index contributed by atoms with van der Waals surface area (Å²) in [5.41, 5.74) is 4.46. The smallest absolute Gasteiger partial charge is 0.188 e. The van der Waals surface area contributed by atoms with Gasteiger partial charge in [0.15, 0.2) is 5.13 Å². The summed E-state index contributed by atoms with van der Waals surface area (Å²) in [6, 6.07) is 13.6. The van der Waals surface area contributed by atoms with Crippen LogP contribution in [-0.2, 0) is 13.0 Å². The van der Waals surface area contributed by atoms with Gasteiger partial charge >= 0.3 is 0 Å². The van der Waals surface area contributed by atoms with E-state index in [1.54, 1.807) is 34.8 Å². The molecule has 4 heterocycles. The van der Waals surface area contributed by atoms with E-state index in [0.29, 0.717) is 6.04 Å². The predicted molar refractivity (Wildman–Crippen MR) is 135 cm³/mol. The van der Waals surface area contributed by atoms with Crippen molar-refractivity contribution in [3.63, 3.8) is 0 Å². The highest BCUT2D eigenvalue weighted by atomic mass is 32.1. The summed E-state index contributed by atoms with van der Waals surface area (Å²) >= 11 is 5.03. The van der Waals surface area contributed by atoms with Gasteiger partial charge in [-0.3, -0.25) is 4.90 Å². The maximum atomic E-state index is 13.7. The first kappa shape index (κ1) is 20.2. The summed E-state index contributed by atoms with van der Waals surface area (Å²) in [4.78, 5) is 13.6. The molecule has 32 heavy (non-hydrogen) atoms. The van der Waals surface area contributed by atoms with Crippen LogP contribution in [-0.4, -0.2) is 27.5 Å². The van der Waals surface area contributed by atoms with Gasteiger partial charge in [-0.05, 0) is 56.2 Å². The number of hydrogen-bond donors (Lipinski definition) is 1. The number of aromatic nitrogens is 2. The molecule has 3 aromatic heterocycles. The monoisotopic (exact) mass is 480 g/mol. The molecule has 1 aliphatic rings. The molecule has 0 fully saturated rings. The van der Waals surface area contributed by atoms with Gasteiger partial charge in [0, 0.05) is 29.6 Å². The lowest BCUT2D eigenvalue weighted by atomic mass is 10.0. The number of benzene rings is 2. The Hall–Kier alpha value is -2.39. The van der Waals surface area contributed by atoms with Crippen molar-refractivity contribution in [1.29, 1.82) is 0 Å². The van der Waals surface area contributed by atoms with E-state index in [1.807, 2.05) is 6.07 Å². The molecule has 0 bridgehead atoms. The van der Waals surface area contributed by atoms with Crippen LogP contribution in [0.1, 0.15) is 24.3 Å². The lowest BCUT2D eigenvalue weighted by Crippen LogP contribution is -2.35. The zero-order valence-corrected chi connectivity index (χ0v) is 20.1. The number of hydrogen-bond acceptors (Lipinski definition) is 7. The first-order valence-electron chi connectivity index (χ1n) is 10.6. The standard InChI is InChI=1S/C24H21FN4S3/c1-13(2)29-10-9-15-20(12-29)31-23(21(15)22-26-16-5-3-4-6-18(16)30-22)28-24-27-17-8-7-14(25)11-19(17)32-24/h3-8,11,13H,9-10,12H2,1-2H3,(H,27,28). The van der Waals surface area contributed by atoms with Crippen LogP contribution in [0.4, 0.5) is 14.5 Å². The Bertz CT molecular complexity index is 1420. The number of rotatable bonds is 4. The van der Waals surface area contributed by atoms with Crippen molar-refractivity contribution in [3.05, 3.63) is 58.7 Å². The second-order valence-corrected chi connectivity index (χ2v) is 11.4. The predicted octanol–water partition coefficient (Wildman–Crippen LogP) is 7.28. The van der Waals surface area contributed by atoms with E-state index in [2.05, 4.69) is 42.3 Å². The van der Waals surface area contributed by atoms with Crippen molar-refractivity contribution in [2.75, 3.05) is 11.9 Å². The Morgan fingerprint density at radius 3 is 2.69 bits per heavy atom. The maximum Gasteiger partial charge on any atom is 0.188 e. The molecule has 1 aliphatic heterocycles. The molecule has 0 aliphatic carbocycles. The van der Waals surface area contributed by atoms with Crippen molar-refractivity contribution >= 4 is 64.6 Å². The van der Waals surface area contributed by atoms with Crippen LogP contribution in [0.25, 0.3) is 31.0 Å². The first-order chi connectivity index (χ1) is 15.5. The fourth-order valence-corrected chi connectivity index (χ4v) is 7.55. The van der Waals surface area contributed by atoms with E-state index in [1.165, 1.54) is 38.1 Å². The van der Waals surface area contributed by atoms with Gasteiger partial charge in [0.1, 0.15) is 15.8 Å². The van der Waals surface area contributed by atoms with Crippen LogP contribution in [0.5, 0.6) is 0 Å². The fraction of sp³-hybridized carbons (Fsp3) is 0.250. The number of halogens is 1. The molecule has 0 saturated carbocycles. The summed E-state index contributed by atoms with van der Waals surface area (Å²) in [5, 5.41) is 6.50. The molecule has 1 N–H and O–H groups in total. The molecular formula is C24H21FN4S3. The molecule has 0 amide bonds. The molecule has 5 aromatic rings. The second-order valence-electron chi connectivity index (χ2n) is 8.26. The zero-order chi connectivity index (χ0) is 21.8. The number of anilines is 2. The van der Waals surface area contributed by atoms with Crippen LogP contribution < -0.4 is 5.32 Å². The van der Waals surface area contributed by atoms with Crippen molar-refractivity contribution in [2.24, 2.45) is 0 Å². The van der Waals surface area contributed by atoms with Crippen LogP contribution in [0, 0.1) is 5.82 Å². The Morgan fingerprint density at radius 2 is 1.84 bits per heavy atom. The molecule has 0 saturated heterocycles. The lowest BCUT2D eigenvalue weighted by molar-refractivity contribution is 0.206. The van der Waals surface area contributed by atoms with E-state index in [-0.39, 0.29) is 5.82 Å². The minimum atomic E-state index is -0.233. The normalized spacial score (nSPS) is 14.5. The van der Waals surface area contributed by atoms with Crippen molar-refractivity contribution in [2.45, 2.75) is 32.9 Å². The lowest BCUT2D eigenvalue weighted by Gasteiger charge is -2.30. The SMILES string of the molecule is CC(C)N1CCc2c(sc(Nc3nc4ccc(F)cc4s3)c2-c2nc3ccccc3s2)C1. The van der Waals surface area contributed by atoms with Gasteiger partial charge < -0.3 is 5.32 Å². The molecule has 0 atom stereocenters. The number of nitrogens with one attached hydrogen (secondary N) is 1. The number of fused-ring (bicyclic) bond motifs is 3. The van der Waals surface area contributed by atoms with E-state index in [4.69, 9.17) is 9.97 Å². The number of thiophene rings is 1. The van der Waals surface area contributed by atoms with Crippen molar-refractivity contribution in [3.8, 4) is 10.6 Å². The molecule has 6 rings (SSSR count). The second kappa shape index (κ2) is 7.88. The van der Waals surface area contributed by atoms with Gasteiger partial charge in [-0.1, -0.05) is 23.5 Å². The van der Waals surface area contributed by atoms with E-state index >= 15 is 0 Å². The van der Waals surface area contributed by atoms with E-state index < -0.39 is 0 Å². The molecule has 0 unspecified atom stereocenters. The van der Waals surface area contributed by atoms with Gasteiger partial charge in [-0.2, -0.15) is 0 Å². The maximum absolute atomic E-state index is 13.7. The Kier molecular flexibility index (Phi) is 4.98. The molecule has 8 heteroatoms. The van der Waals surface area contributed by atoms with Crippen LogP contribution in [0.2, 0.25) is 0 Å². The minimum absolute atomic E-state index is 0.233. The Labute approximate surface area is 197 Å². The van der Waals surface area contributed by atoms with Gasteiger partial charge in [0.2, 0.25) is 0 Å². The average molecular weight is 481 g/mol. The van der Waals surface area contributed by atoms with Crippen LogP contribution in [0.3, 0.4) is 0 Å². The number of nitrogens with zero attached hydrogens (tertiary/aromatic N) is 3. The Morgan fingerprint density at radius 1 is 1.00 bits per heavy atom. The average Bonchev–Trinajstić information content (AvgIpc) is 3.46. The third-order valence-corrected chi connectivity index (χ3v) is 9.02. The van der Waals surface area contributed by atoms with Crippen LogP contribution >= 0.6 is 34.0 Å². The first-order valence-corrected chi connectivity index (χ1v) is 13.1. The summed E-state index contributed by atoms with van der Waals surface area (Å²) in [6.45, 7) is 6.53. The van der Waals surface area contributed by atoms with Gasteiger partial charge in [0.25, 0.3) is 0 Å². The molecule has 4 nitrogen and oxygen atoms in total. The third kappa shape index (κ3) is 3.51. The summed E-state index contributed by atoms with van der Waals surface area (Å²) in [6.07, 6.45) is 1.02. The zero-order valence-electron chi connectivity index (χ0n) is 17.7. The largest absolute Gasteiger partial charge is 0.323 e. The van der Waals surface area contributed by atoms with Gasteiger partial charge in [-0.25, -0.2) is 14.4 Å². The van der Waals surface area contributed by atoms with Crippen molar-refractivity contribution < 1.29 is 4.39 Å². The molecule has 0 spiro atoms. The molecule has 0 radical (unpaired) electrons. The highest BCUT2D eigenvalue weighted by Gasteiger charge is 2.28. The van der Waals surface area contributed by atoms with Crippen molar-refractivity contribution in [1.82, 2.24) is 14.9 Å². The fourth-order valence-electron chi connectivity index (χ4n) is 4.21. The van der Waals surface area contributed by atoms with E-state index in [0.717, 1.165) is 50.4 Å². The highest BCUT2D eigenvalue weighted by Crippen LogP contribution is 2.47. The Balaban J connectivity index is 1.47. The minimum Gasteiger partial charge on any atom is -0.323 e. The van der Waals surface area contributed by atoms with Gasteiger partial charge in [0.05, 0.1) is 20.4 Å². The summed E-state index contributed by atoms with van der Waals surface area (Å²) < 4.78 is 15.7. The number of thiazole rings is 2. The molecule has 2 aromatic carbocycles. The summed E-state index contributed by atoms with van der Waals surface area (Å²) in [7, 11) is 0. The summed E-state index contributed by atoms with van der Waals surface area (Å²) in [5.74, 6) is -0.233. The quantitative estimate of drug-likeness (QED) is 0.293. The van der Waals surface area contributed by atoms with Gasteiger partial charge in [-0.15, -0.1) is 22.7 Å². The molecular weight excluding hydrogens is 459 g/mol. The number of para-hydroxylation sites is 1. The topological polar surface area (TPSA) is 41.0 Å². The molecule has 162 valence electrons. The van der Waals surface area contributed by atoms with Crippen LogP contribution in [0.15, 0.2) is 42.5 Å². The third-order valence-electron chi connectivity index (χ3n) is 5.90.